The van der Waals surface area contributed by atoms with Gasteiger partial charge in [0.25, 0.3) is 0 Å². The van der Waals surface area contributed by atoms with Crippen LogP contribution in [0.2, 0.25) is 0 Å². The van der Waals surface area contributed by atoms with Crippen molar-refractivity contribution >= 4 is 0 Å². The van der Waals surface area contributed by atoms with Crippen molar-refractivity contribution in [2.75, 3.05) is 26.2 Å². The van der Waals surface area contributed by atoms with Gasteiger partial charge in [-0.1, -0.05) is 5.16 Å². The molecule has 1 aromatic rings. The monoisotopic (exact) mass is 253 g/mol. The second kappa shape index (κ2) is 6.31. The maximum absolute atomic E-state index is 5.75. The molecule has 1 N–H and O–H groups in total. The molecule has 1 atom stereocenters. The van der Waals surface area contributed by atoms with Crippen molar-refractivity contribution in [3.63, 3.8) is 0 Å². The van der Waals surface area contributed by atoms with Gasteiger partial charge < -0.3 is 14.6 Å². The van der Waals surface area contributed by atoms with E-state index in [0.717, 1.165) is 44.2 Å². The van der Waals surface area contributed by atoms with E-state index in [0.29, 0.717) is 6.04 Å². The molecule has 0 spiro atoms. The Balaban J connectivity index is 1.70. The lowest BCUT2D eigenvalue weighted by atomic mass is 10.2. The molecule has 1 aliphatic heterocycles. The van der Waals surface area contributed by atoms with E-state index in [-0.39, 0.29) is 6.10 Å². The Morgan fingerprint density at radius 1 is 1.56 bits per heavy atom. The highest BCUT2D eigenvalue weighted by Crippen LogP contribution is 2.08. The SMILES string of the molecule is Cc1cc(CNCC2CN(C(C)C)CCO2)no1. The first-order valence-corrected chi connectivity index (χ1v) is 6.63. The van der Waals surface area contributed by atoms with Gasteiger partial charge in [-0.15, -0.1) is 0 Å². The van der Waals surface area contributed by atoms with Crippen LogP contribution in [0.15, 0.2) is 10.6 Å². The van der Waals surface area contributed by atoms with Crippen molar-refractivity contribution in [1.29, 1.82) is 0 Å². The predicted octanol–water partition coefficient (Wildman–Crippen LogP) is 1.18. The van der Waals surface area contributed by atoms with Gasteiger partial charge in [-0.05, 0) is 20.8 Å². The molecule has 1 fully saturated rings. The highest BCUT2D eigenvalue weighted by molar-refractivity contribution is 5.02. The Kier molecular flexibility index (Phi) is 4.74. The molecule has 1 aromatic heterocycles. The average molecular weight is 253 g/mol. The Morgan fingerprint density at radius 3 is 3.06 bits per heavy atom. The molecule has 0 bridgehead atoms. The van der Waals surface area contributed by atoms with E-state index in [1.807, 2.05) is 13.0 Å². The Bertz CT molecular complexity index is 365. The lowest BCUT2D eigenvalue weighted by Crippen LogP contribution is -2.48. The fraction of sp³-hybridized carbons (Fsp3) is 0.769. The van der Waals surface area contributed by atoms with Gasteiger partial charge >= 0.3 is 0 Å². The van der Waals surface area contributed by atoms with Crippen molar-refractivity contribution in [2.24, 2.45) is 0 Å². The minimum Gasteiger partial charge on any atom is -0.374 e. The lowest BCUT2D eigenvalue weighted by Gasteiger charge is -2.35. The molecule has 0 aromatic carbocycles. The van der Waals surface area contributed by atoms with Crippen LogP contribution in [0.25, 0.3) is 0 Å². The Labute approximate surface area is 108 Å². The van der Waals surface area contributed by atoms with E-state index in [2.05, 4.69) is 29.2 Å². The first-order valence-electron chi connectivity index (χ1n) is 6.63. The second-order valence-electron chi connectivity index (χ2n) is 5.14. The topological polar surface area (TPSA) is 50.5 Å². The zero-order chi connectivity index (χ0) is 13.0. The van der Waals surface area contributed by atoms with Gasteiger partial charge in [0.05, 0.1) is 18.4 Å². The van der Waals surface area contributed by atoms with Crippen molar-refractivity contribution in [3.05, 3.63) is 17.5 Å². The standard InChI is InChI=1S/C13H23N3O2/c1-10(2)16-4-5-17-13(9-16)8-14-7-12-6-11(3)18-15-12/h6,10,13-14H,4-5,7-9H2,1-3H3. The molecule has 102 valence electrons. The first kappa shape index (κ1) is 13.5. The molecule has 1 saturated heterocycles. The molecular formula is C13H23N3O2. The molecule has 5 nitrogen and oxygen atoms in total. The molecule has 1 aliphatic rings. The third kappa shape index (κ3) is 3.80. The summed E-state index contributed by atoms with van der Waals surface area (Å²) in [6, 6.07) is 2.55. The number of hydrogen-bond acceptors (Lipinski definition) is 5. The summed E-state index contributed by atoms with van der Waals surface area (Å²) in [5, 5.41) is 7.32. The van der Waals surface area contributed by atoms with Crippen LogP contribution >= 0.6 is 0 Å². The maximum Gasteiger partial charge on any atom is 0.133 e. The van der Waals surface area contributed by atoms with Crippen molar-refractivity contribution < 1.29 is 9.26 Å². The van der Waals surface area contributed by atoms with Gasteiger partial charge in [0, 0.05) is 38.3 Å². The molecule has 18 heavy (non-hydrogen) atoms. The van der Waals surface area contributed by atoms with Crippen LogP contribution in [0, 0.1) is 6.92 Å². The summed E-state index contributed by atoms with van der Waals surface area (Å²) in [6.45, 7) is 10.8. The fourth-order valence-electron chi connectivity index (χ4n) is 2.20. The molecule has 2 heterocycles. The number of nitrogens with one attached hydrogen (secondary N) is 1. The number of ether oxygens (including phenoxy) is 1. The van der Waals surface area contributed by atoms with Crippen LogP contribution < -0.4 is 5.32 Å². The highest BCUT2D eigenvalue weighted by atomic mass is 16.5. The van der Waals surface area contributed by atoms with Gasteiger partial charge in [0.2, 0.25) is 0 Å². The Morgan fingerprint density at radius 2 is 2.39 bits per heavy atom. The van der Waals surface area contributed by atoms with Crippen molar-refractivity contribution in [2.45, 2.75) is 39.5 Å². The maximum atomic E-state index is 5.75. The summed E-state index contributed by atoms with van der Waals surface area (Å²) in [7, 11) is 0. The van der Waals surface area contributed by atoms with E-state index >= 15 is 0 Å². The summed E-state index contributed by atoms with van der Waals surface area (Å²) in [6.07, 6.45) is 0.272. The lowest BCUT2D eigenvalue weighted by molar-refractivity contribution is -0.0373. The quantitative estimate of drug-likeness (QED) is 0.854. The van der Waals surface area contributed by atoms with Crippen LogP contribution in [-0.4, -0.2) is 48.4 Å². The summed E-state index contributed by atoms with van der Waals surface area (Å²) >= 11 is 0. The second-order valence-corrected chi connectivity index (χ2v) is 5.14. The van der Waals surface area contributed by atoms with E-state index in [1.165, 1.54) is 0 Å². The van der Waals surface area contributed by atoms with E-state index < -0.39 is 0 Å². The Hall–Kier alpha value is -0.910. The van der Waals surface area contributed by atoms with Crippen LogP contribution in [0.4, 0.5) is 0 Å². The average Bonchev–Trinajstić information content (AvgIpc) is 2.75. The number of nitrogens with zero attached hydrogens (tertiary/aromatic N) is 2. The zero-order valence-electron chi connectivity index (χ0n) is 11.5. The number of morpholine rings is 1. The smallest absolute Gasteiger partial charge is 0.133 e. The normalized spacial score (nSPS) is 21.7. The fourth-order valence-corrected chi connectivity index (χ4v) is 2.20. The molecule has 2 rings (SSSR count). The van der Waals surface area contributed by atoms with E-state index in [9.17, 15) is 0 Å². The third-order valence-electron chi connectivity index (χ3n) is 3.26. The van der Waals surface area contributed by atoms with E-state index in [4.69, 9.17) is 9.26 Å². The van der Waals surface area contributed by atoms with Gasteiger partial charge in [-0.3, -0.25) is 4.90 Å². The van der Waals surface area contributed by atoms with Crippen LogP contribution in [0.5, 0.6) is 0 Å². The summed E-state index contributed by atoms with van der Waals surface area (Å²) in [4.78, 5) is 2.45. The molecule has 1 unspecified atom stereocenters. The number of hydrogen-bond donors (Lipinski definition) is 1. The van der Waals surface area contributed by atoms with Crippen LogP contribution in [0.3, 0.4) is 0 Å². The molecule has 0 amide bonds. The van der Waals surface area contributed by atoms with Gasteiger partial charge in [0.1, 0.15) is 5.76 Å². The van der Waals surface area contributed by atoms with Gasteiger partial charge in [-0.2, -0.15) is 0 Å². The van der Waals surface area contributed by atoms with Gasteiger partial charge in [0.15, 0.2) is 0 Å². The third-order valence-corrected chi connectivity index (χ3v) is 3.26. The number of aryl methyl sites for hydroxylation is 1. The number of aromatic nitrogens is 1. The van der Waals surface area contributed by atoms with Crippen molar-refractivity contribution in [1.82, 2.24) is 15.4 Å². The first-order chi connectivity index (χ1) is 8.65. The zero-order valence-corrected chi connectivity index (χ0v) is 11.5. The van der Waals surface area contributed by atoms with Crippen molar-refractivity contribution in [3.8, 4) is 0 Å². The molecule has 0 radical (unpaired) electrons. The van der Waals surface area contributed by atoms with Crippen LogP contribution in [0.1, 0.15) is 25.3 Å². The van der Waals surface area contributed by atoms with Crippen LogP contribution in [-0.2, 0) is 11.3 Å². The van der Waals surface area contributed by atoms with Gasteiger partial charge in [-0.25, -0.2) is 0 Å². The summed E-state index contributed by atoms with van der Waals surface area (Å²) in [5.41, 5.74) is 0.948. The van der Waals surface area contributed by atoms with E-state index in [1.54, 1.807) is 0 Å². The molecule has 5 heteroatoms. The highest BCUT2D eigenvalue weighted by Gasteiger charge is 2.21. The summed E-state index contributed by atoms with van der Waals surface area (Å²) in [5.74, 6) is 0.853. The molecule has 0 aliphatic carbocycles. The molecule has 0 saturated carbocycles. The molecular weight excluding hydrogens is 230 g/mol. The minimum atomic E-state index is 0.272. The number of rotatable bonds is 5. The predicted molar refractivity (Wildman–Crippen MR) is 69.4 cm³/mol. The summed E-state index contributed by atoms with van der Waals surface area (Å²) < 4.78 is 10.8. The largest absolute Gasteiger partial charge is 0.374 e. The minimum absolute atomic E-state index is 0.272.